The molecule has 1 nitrogen and oxygen atoms in total. The quantitative estimate of drug-likeness (QED) is 0.254. The molecule has 0 aromatic rings. The predicted octanol–water partition coefficient (Wildman–Crippen LogP) is -3.03. The van der Waals surface area contributed by atoms with E-state index in [-0.39, 0.29) is 25.5 Å². The van der Waals surface area contributed by atoms with E-state index in [1.165, 1.54) is 6.08 Å². The molecule has 0 aliphatic carbocycles. The maximum Gasteiger partial charge on any atom is 1.00 e. The summed E-state index contributed by atoms with van der Waals surface area (Å²) in [4.78, 5) is 0. The molecule has 0 bridgehead atoms. The number of hydrogen-bond acceptors (Lipinski definition) is 1. The fourth-order valence-corrected chi connectivity index (χ4v) is 0. The minimum atomic E-state index is -0.0278. The van der Waals surface area contributed by atoms with Crippen LogP contribution in [0.1, 0.15) is 0 Å². The molecule has 5 heavy (non-hydrogen) atoms. The Labute approximate surface area is 43.9 Å². The molecule has 0 aromatic carbocycles. The average Bonchev–Trinajstić information content (AvgIpc) is 1.37. The molecule has 1 N–H and O–H groups in total. The van der Waals surface area contributed by atoms with Crippen molar-refractivity contribution in [2.45, 2.75) is 0 Å². The van der Waals surface area contributed by atoms with Crippen molar-refractivity contribution in [3.8, 4) is 0 Å². The SMILES string of the molecule is [CH-]=CCO.[Li+]. The van der Waals surface area contributed by atoms with Crippen molar-refractivity contribution in [1.82, 2.24) is 0 Å². The van der Waals surface area contributed by atoms with E-state index in [1.807, 2.05) is 0 Å². The molecule has 0 atom stereocenters. The Morgan fingerprint density at radius 3 is 2.00 bits per heavy atom. The van der Waals surface area contributed by atoms with E-state index in [4.69, 9.17) is 5.11 Å². The third-order valence-electron chi connectivity index (χ3n) is 0.105. The van der Waals surface area contributed by atoms with E-state index in [2.05, 4.69) is 6.58 Å². The third-order valence-corrected chi connectivity index (χ3v) is 0.105. The molecule has 0 amide bonds. The van der Waals surface area contributed by atoms with Crippen LogP contribution in [0.3, 0.4) is 0 Å². The summed E-state index contributed by atoms with van der Waals surface area (Å²) in [5, 5.41) is 7.69. The summed E-state index contributed by atoms with van der Waals surface area (Å²) in [6.07, 6.45) is 1.18. The van der Waals surface area contributed by atoms with Crippen LogP contribution in [0.15, 0.2) is 6.08 Å². The largest absolute Gasteiger partial charge is 1.00 e. The second kappa shape index (κ2) is 8.85. The van der Waals surface area contributed by atoms with Crippen molar-refractivity contribution in [2.75, 3.05) is 6.61 Å². The number of aliphatic hydroxyl groups is 1. The zero-order chi connectivity index (χ0) is 3.41. The molecule has 0 fully saturated rings. The van der Waals surface area contributed by atoms with Gasteiger partial charge in [0.25, 0.3) is 0 Å². The molecular formula is C3H5LiO. The number of hydrogen-bond donors (Lipinski definition) is 1. The minimum absolute atomic E-state index is 0. The topological polar surface area (TPSA) is 20.2 Å². The van der Waals surface area contributed by atoms with Gasteiger partial charge < -0.3 is 11.7 Å². The van der Waals surface area contributed by atoms with Crippen LogP contribution in [-0.4, -0.2) is 11.7 Å². The van der Waals surface area contributed by atoms with Crippen LogP contribution in [-0.2, 0) is 0 Å². The molecule has 24 valence electrons. The first-order valence-electron chi connectivity index (χ1n) is 1.06. The van der Waals surface area contributed by atoms with Gasteiger partial charge in [0.15, 0.2) is 0 Å². The first-order valence-corrected chi connectivity index (χ1v) is 1.06. The van der Waals surface area contributed by atoms with Crippen molar-refractivity contribution >= 4 is 0 Å². The summed E-state index contributed by atoms with van der Waals surface area (Å²) in [6.45, 7) is 4.62. The van der Waals surface area contributed by atoms with Crippen LogP contribution >= 0.6 is 0 Å². The Hall–Kier alpha value is 0.297. The van der Waals surface area contributed by atoms with Gasteiger partial charge in [0.05, 0.1) is 0 Å². The smallest absolute Gasteiger partial charge is 0.516 e. The molecule has 0 aromatic heterocycles. The van der Waals surface area contributed by atoms with E-state index in [1.54, 1.807) is 0 Å². The molecule has 0 spiro atoms. The van der Waals surface area contributed by atoms with Crippen LogP contribution in [0.2, 0.25) is 0 Å². The van der Waals surface area contributed by atoms with Crippen molar-refractivity contribution in [1.29, 1.82) is 0 Å². The molecule has 0 heterocycles. The van der Waals surface area contributed by atoms with Gasteiger partial charge in [-0.1, -0.05) is 0 Å². The first-order chi connectivity index (χ1) is 1.91. The van der Waals surface area contributed by atoms with Crippen molar-refractivity contribution in [2.24, 2.45) is 0 Å². The second-order valence-electron chi connectivity index (χ2n) is 0.418. The molecule has 0 radical (unpaired) electrons. The number of aliphatic hydroxyl groups excluding tert-OH is 1. The first kappa shape index (κ1) is 9.00. The third kappa shape index (κ3) is 13.5. The molecular weight excluding hydrogens is 59.0 g/mol. The van der Waals surface area contributed by atoms with Gasteiger partial charge in [-0.3, -0.25) is 0 Å². The molecule has 0 saturated carbocycles. The van der Waals surface area contributed by atoms with Crippen molar-refractivity contribution < 1.29 is 24.0 Å². The van der Waals surface area contributed by atoms with Crippen LogP contribution < -0.4 is 18.9 Å². The zero-order valence-corrected chi connectivity index (χ0v) is 3.31. The van der Waals surface area contributed by atoms with Crippen molar-refractivity contribution in [3.63, 3.8) is 0 Å². The van der Waals surface area contributed by atoms with Gasteiger partial charge >= 0.3 is 18.9 Å². The maximum absolute atomic E-state index is 7.69. The van der Waals surface area contributed by atoms with Gasteiger partial charge in [0.1, 0.15) is 0 Å². The van der Waals surface area contributed by atoms with Crippen LogP contribution in [0, 0.1) is 6.58 Å². The Kier molecular flexibility index (Phi) is 15.9. The molecule has 2 heteroatoms. The Morgan fingerprint density at radius 1 is 1.80 bits per heavy atom. The van der Waals surface area contributed by atoms with E-state index in [0.717, 1.165) is 0 Å². The molecule has 0 rings (SSSR count). The minimum Gasteiger partial charge on any atom is -0.516 e. The summed E-state index contributed by atoms with van der Waals surface area (Å²) in [7, 11) is 0. The summed E-state index contributed by atoms with van der Waals surface area (Å²) >= 11 is 0. The molecule has 0 aliphatic rings. The van der Waals surface area contributed by atoms with Crippen LogP contribution in [0.25, 0.3) is 0 Å². The van der Waals surface area contributed by atoms with Crippen molar-refractivity contribution in [3.05, 3.63) is 12.7 Å². The second-order valence-corrected chi connectivity index (χ2v) is 0.418. The number of rotatable bonds is 1. The normalized spacial score (nSPS) is 5.00. The summed E-state index contributed by atoms with van der Waals surface area (Å²) in [6, 6.07) is 0. The van der Waals surface area contributed by atoms with Gasteiger partial charge in [0.2, 0.25) is 0 Å². The predicted molar refractivity (Wildman–Crippen MR) is 16.0 cm³/mol. The Bertz CT molecular complexity index is 20.9. The fourth-order valence-electron chi connectivity index (χ4n) is 0. The van der Waals surface area contributed by atoms with E-state index >= 15 is 0 Å². The summed E-state index contributed by atoms with van der Waals surface area (Å²) in [5.74, 6) is 0. The summed E-state index contributed by atoms with van der Waals surface area (Å²) in [5.41, 5.74) is 0. The summed E-state index contributed by atoms with van der Waals surface area (Å²) < 4.78 is 0. The van der Waals surface area contributed by atoms with Crippen LogP contribution in [0.4, 0.5) is 0 Å². The van der Waals surface area contributed by atoms with Gasteiger partial charge in [-0.05, 0) is 0 Å². The molecule has 0 aliphatic heterocycles. The van der Waals surface area contributed by atoms with E-state index < -0.39 is 0 Å². The molecule has 0 saturated heterocycles. The van der Waals surface area contributed by atoms with Gasteiger partial charge in [-0.2, -0.15) is 0 Å². The maximum atomic E-state index is 7.69. The monoisotopic (exact) mass is 64.1 g/mol. The average molecular weight is 64.0 g/mol. The van der Waals surface area contributed by atoms with Gasteiger partial charge in [-0.25, -0.2) is 6.08 Å². The molecule has 0 unspecified atom stereocenters. The Morgan fingerprint density at radius 2 is 2.00 bits per heavy atom. The Balaban J connectivity index is 0. The van der Waals surface area contributed by atoms with E-state index in [9.17, 15) is 0 Å². The standard InChI is InChI=1S/C3H5O.Li/c1-2-3-4;/h1-2,4H,3H2;/q-1;+1. The van der Waals surface area contributed by atoms with Gasteiger partial charge in [-0.15, -0.1) is 0 Å². The van der Waals surface area contributed by atoms with E-state index in [0.29, 0.717) is 0 Å². The van der Waals surface area contributed by atoms with Gasteiger partial charge in [0, 0.05) is 6.61 Å². The zero-order valence-electron chi connectivity index (χ0n) is 3.31. The fraction of sp³-hybridized carbons (Fsp3) is 0.333. The van der Waals surface area contributed by atoms with Crippen LogP contribution in [0.5, 0.6) is 0 Å².